The summed E-state index contributed by atoms with van der Waals surface area (Å²) in [5.74, 6) is 0.150. The number of hydrogen-bond acceptors (Lipinski definition) is 4. The number of aromatic nitrogens is 2. The summed E-state index contributed by atoms with van der Waals surface area (Å²) >= 11 is 5.84. The Morgan fingerprint density at radius 2 is 1.56 bits per heavy atom. The summed E-state index contributed by atoms with van der Waals surface area (Å²) in [6.45, 7) is 1.13. The Labute approximate surface area is 201 Å². The van der Waals surface area contributed by atoms with Gasteiger partial charge < -0.3 is 14.8 Å². The van der Waals surface area contributed by atoms with Crippen molar-refractivity contribution in [2.24, 2.45) is 5.92 Å². The molecule has 1 aliphatic rings. The number of benzene rings is 2. The summed E-state index contributed by atoms with van der Waals surface area (Å²) in [5, 5.41) is 4.52. The van der Waals surface area contributed by atoms with E-state index in [1.54, 1.807) is 29.2 Å². The highest BCUT2D eigenvalue weighted by molar-refractivity contribution is 6.30. The Hall–Kier alpha value is -3.71. The van der Waals surface area contributed by atoms with E-state index >= 15 is 0 Å². The third kappa shape index (κ3) is 4.26. The first kappa shape index (κ1) is 22.1. The molecule has 0 radical (unpaired) electrons. The fourth-order valence-corrected chi connectivity index (χ4v) is 4.66. The molecule has 2 aromatic carbocycles. The normalized spacial score (nSPS) is 14.4. The van der Waals surface area contributed by atoms with E-state index in [1.807, 2.05) is 41.0 Å². The van der Waals surface area contributed by atoms with Gasteiger partial charge in [-0.2, -0.15) is 0 Å². The molecule has 34 heavy (non-hydrogen) atoms. The molecule has 8 heteroatoms. The van der Waals surface area contributed by atoms with Crippen molar-refractivity contribution in [1.82, 2.24) is 14.5 Å². The minimum Gasteiger partial charge on any atom is -0.341 e. The van der Waals surface area contributed by atoms with Crippen LogP contribution >= 0.6 is 11.6 Å². The average molecular weight is 475 g/mol. The highest BCUT2D eigenvalue weighted by Crippen LogP contribution is 2.22. The number of likely N-dealkylation sites (tertiary alicyclic amines) is 1. The number of amides is 2. The van der Waals surface area contributed by atoms with Gasteiger partial charge in [0, 0.05) is 36.0 Å². The van der Waals surface area contributed by atoms with Crippen molar-refractivity contribution in [2.75, 3.05) is 18.4 Å². The summed E-state index contributed by atoms with van der Waals surface area (Å²) in [4.78, 5) is 44.7. The Kier molecular flexibility index (Phi) is 6.02. The van der Waals surface area contributed by atoms with Crippen LogP contribution in [0.1, 0.15) is 12.8 Å². The van der Waals surface area contributed by atoms with Crippen LogP contribution in [0.3, 0.4) is 0 Å². The summed E-state index contributed by atoms with van der Waals surface area (Å²) in [7, 11) is 0. The number of halogens is 1. The molecular weight excluding hydrogens is 452 g/mol. The molecule has 0 spiro atoms. The highest BCUT2D eigenvalue weighted by atomic mass is 35.5. The lowest BCUT2D eigenvalue weighted by Crippen LogP contribution is -2.43. The SMILES string of the molecule is O=C(Nc1ccc(Cl)cn1)C1CCN(C(=O)Cn2c3ccccc3c(=O)c3ccccc32)CC1. The maximum absolute atomic E-state index is 13.2. The van der Waals surface area contributed by atoms with Crippen molar-refractivity contribution < 1.29 is 9.59 Å². The Bertz CT molecular complexity index is 1380. The van der Waals surface area contributed by atoms with Crippen LogP contribution in [0.25, 0.3) is 21.8 Å². The van der Waals surface area contributed by atoms with Crippen molar-refractivity contribution in [3.05, 3.63) is 82.1 Å². The fraction of sp³-hybridized carbons (Fsp3) is 0.231. The molecule has 5 rings (SSSR count). The van der Waals surface area contributed by atoms with Gasteiger partial charge in [0.25, 0.3) is 0 Å². The molecule has 1 fully saturated rings. The first-order chi connectivity index (χ1) is 16.5. The van der Waals surface area contributed by atoms with Gasteiger partial charge >= 0.3 is 0 Å². The van der Waals surface area contributed by atoms with Gasteiger partial charge in [0.2, 0.25) is 11.8 Å². The number of nitrogens with one attached hydrogen (secondary N) is 1. The predicted octanol–water partition coefficient (Wildman–Crippen LogP) is 4.08. The zero-order valence-corrected chi connectivity index (χ0v) is 19.2. The van der Waals surface area contributed by atoms with E-state index in [0.717, 1.165) is 11.0 Å². The summed E-state index contributed by atoms with van der Waals surface area (Å²) < 4.78 is 1.92. The number of pyridine rings is 2. The topological polar surface area (TPSA) is 84.3 Å². The first-order valence-electron chi connectivity index (χ1n) is 11.2. The van der Waals surface area contributed by atoms with Gasteiger partial charge in [-0.05, 0) is 49.2 Å². The zero-order valence-electron chi connectivity index (χ0n) is 18.4. The molecular formula is C26H23ClN4O3. The van der Waals surface area contributed by atoms with Crippen molar-refractivity contribution in [3.63, 3.8) is 0 Å². The van der Waals surface area contributed by atoms with Gasteiger partial charge in [0.1, 0.15) is 12.4 Å². The standard InChI is InChI=1S/C26H23ClN4O3/c27-18-9-10-23(28-15-18)29-26(34)17-11-13-30(14-12-17)24(32)16-31-21-7-3-1-5-19(21)25(33)20-6-2-4-8-22(20)31/h1-10,15,17H,11-14,16H2,(H,28,29,34). The lowest BCUT2D eigenvalue weighted by molar-refractivity contribution is -0.134. The lowest BCUT2D eigenvalue weighted by atomic mass is 9.96. The number of para-hydroxylation sites is 2. The molecule has 2 aromatic heterocycles. The van der Waals surface area contributed by atoms with Crippen molar-refractivity contribution >= 4 is 51.0 Å². The molecule has 0 aliphatic carbocycles. The molecule has 0 unspecified atom stereocenters. The fourth-order valence-electron chi connectivity index (χ4n) is 4.55. The second-order valence-electron chi connectivity index (χ2n) is 8.46. The van der Waals surface area contributed by atoms with Gasteiger partial charge in [-0.3, -0.25) is 14.4 Å². The number of rotatable bonds is 4. The van der Waals surface area contributed by atoms with Gasteiger partial charge in [-0.1, -0.05) is 35.9 Å². The van der Waals surface area contributed by atoms with Crippen LogP contribution in [0, 0.1) is 5.92 Å². The number of nitrogens with zero attached hydrogens (tertiary/aromatic N) is 3. The van der Waals surface area contributed by atoms with Crippen LogP contribution in [-0.2, 0) is 16.1 Å². The van der Waals surface area contributed by atoms with Crippen LogP contribution in [-0.4, -0.2) is 39.4 Å². The molecule has 1 saturated heterocycles. The lowest BCUT2D eigenvalue weighted by Gasteiger charge is -2.32. The molecule has 7 nitrogen and oxygen atoms in total. The smallest absolute Gasteiger partial charge is 0.242 e. The van der Waals surface area contributed by atoms with Crippen molar-refractivity contribution in [2.45, 2.75) is 19.4 Å². The zero-order chi connectivity index (χ0) is 23.7. The van der Waals surface area contributed by atoms with E-state index < -0.39 is 0 Å². The second-order valence-corrected chi connectivity index (χ2v) is 8.89. The van der Waals surface area contributed by atoms with Crippen LogP contribution in [0.4, 0.5) is 5.82 Å². The minimum atomic E-state index is -0.185. The van der Waals surface area contributed by atoms with E-state index in [-0.39, 0.29) is 29.7 Å². The maximum Gasteiger partial charge on any atom is 0.242 e. The first-order valence-corrected chi connectivity index (χ1v) is 11.6. The van der Waals surface area contributed by atoms with Gasteiger partial charge in [-0.15, -0.1) is 0 Å². The molecule has 3 heterocycles. The minimum absolute atomic E-state index is 0.0304. The van der Waals surface area contributed by atoms with E-state index in [0.29, 0.717) is 47.5 Å². The largest absolute Gasteiger partial charge is 0.341 e. The Balaban J connectivity index is 1.30. The summed E-state index contributed by atoms with van der Waals surface area (Å²) in [5.41, 5.74) is 1.45. The Morgan fingerprint density at radius 3 is 2.15 bits per heavy atom. The van der Waals surface area contributed by atoms with E-state index in [1.165, 1.54) is 6.20 Å². The monoisotopic (exact) mass is 474 g/mol. The van der Waals surface area contributed by atoms with E-state index in [9.17, 15) is 14.4 Å². The number of piperidine rings is 1. The molecule has 2 amide bonds. The van der Waals surface area contributed by atoms with Crippen molar-refractivity contribution in [3.8, 4) is 0 Å². The second kappa shape index (κ2) is 9.27. The number of carbonyl (C=O) groups excluding carboxylic acids is 2. The maximum atomic E-state index is 13.2. The van der Waals surface area contributed by atoms with Crippen LogP contribution in [0.2, 0.25) is 5.02 Å². The molecule has 1 aliphatic heterocycles. The van der Waals surface area contributed by atoms with Gasteiger partial charge in [-0.25, -0.2) is 4.98 Å². The van der Waals surface area contributed by atoms with E-state index in [2.05, 4.69) is 10.3 Å². The predicted molar refractivity (Wildman–Crippen MR) is 133 cm³/mol. The quantitative estimate of drug-likeness (QED) is 0.452. The number of hydrogen-bond donors (Lipinski definition) is 1. The van der Waals surface area contributed by atoms with Crippen LogP contribution in [0.15, 0.2) is 71.7 Å². The number of carbonyl (C=O) groups is 2. The van der Waals surface area contributed by atoms with Gasteiger partial charge in [0.15, 0.2) is 5.43 Å². The number of fused-ring (bicyclic) bond motifs is 2. The molecule has 0 bridgehead atoms. The van der Waals surface area contributed by atoms with Crippen LogP contribution in [0.5, 0.6) is 0 Å². The highest BCUT2D eigenvalue weighted by Gasteiger charge is 2.28. The summed E-state index contributed by atoms with van der Waals surface area (Å²) in [6.07, 6.45) is 2.65. The van der Waals surface area contributed by atoms with Gasteiger partial charge in [0.05, 0.1) is 16.1 Å². The van der Waals surface area contributed by atoms with Crippen molar-refractivity contribution in [1.29, 1.82) is 0 Å². The third-order valence-corrected chi connectivity index (χ3v) is 6.59. The molecule has 172 valence electrons. The van der Waals surface area contributed by atoms with Crippen LogP contribution < -0.4 is 10.7 Å². The molecule has 0 atom stereocenters. The molecule has 0 saturated carbocycles. The average Bonchev–Trinajstić information content (AvgIpc) is 2.88. The Morgan fingerprint density at radius 1 is 0.941 bits per heavy atom. The van der Waals surface area contributed by atoms with E-state index in [4.69, 9.17) is 11.6 Å². The molecule has 1 N–H and O–H groups in total. The number of anilines is 1. The third-order valence-electron chi connectivity index (χ3n) is 6.37. The summed E-state index contributed by atoms with van der Waals surface area (Å²) in [6, 6.07) is 18.1. The molecule has 4 aromatic rings.